The molecule has 5 heteroatoms. The monoisotopic (exact) mass is 305 g/mol. The number of anilines is 1. The molecule has 0 bridgehead atoms. The Balaban J connectivity index is 1.92. The number of imidazole rings is 1. The van der Waals surface area contributed by atoms with E-state index in [9.17, 15) is 0 Å². The SMILES string of the molecule is Cc1ccc(Cl)c(NCc2c(C)nc3scc(C)n23)c1. The minimum atomic E-state index is 0.716. The number of nitrogens with zero attached hydrogens (tertiary/aromatic N) is 2. The van der Waals surface area contributed by atoms with Crippen molar-refractivity contribution < 1.29 is 0 Å². The molecule has 0 aliphatic rings. The summed E-state index contributed by atoms with van der Waals surface area (Å²) in [5, 5.41) is 6.29. The largest absolute Gasteiger partial charge is 0.378 e. The highest BCUT2D eigenvalue weighted by Crippen LogP contribution is 2.25. The van der Waals surface area contributed by atoms with E-state index in [1.165, 1.54) is 17.0 Å². The smallest absolute Gasteiger partial charge is 0.194 e. The fraction of sp³-hybridized carbons (Fsp3) is 0.267. The number of halogens is 1. The lowest BCUT2D eigenvalue weighted by molar-refractivity contribution is 0.966. The first kappa shape index (κ1) is 13.5. The van der Waals surface area contributed by atoms with Crippen LogP contribution in [0.3, 0.4) is 0 Å². The van der Waals surface area contributed by atoms with Crippen molar-refractivity contribution in [2.45, 2.75) is 27.3 Å². The number of benzene rings is 1. The van der Waals surface area contributed by atoms with Crippen LogP contribution in [-0.2, 0) is 6.54 Å². The van der Waals surface area contributed by atoms with Crippen LogP contribution in [0.2, 0.25) is 5.02 Å². The van der Waals surface area contributed by atoms with Crippen LogP contribution in [0.15, 0.2) is 23.6 Å². The maximum Gasteiger partial charge on any atom is 0.194 e. The third-order valence-corrected chi connectivity index (χ3v) is 4.67. The maximum absolute atomic E-state index is 6.22. The molecule has 2 aromatic heterocycles. The van der Waals surface area contributed by atoms with Crippen molar-refractivity contribution in [1.29, 1.82) is 0 Å². The maximum atomic E-state index is 6.22. The van der Waals surface area contributed by atoms with E-state index in [1.54, 1.807) is 11.3 Å². The molecule has 0 amide bonds. The fourth-order valence-corrected chi connectivity index (χ4v) is 3.44. The summed E-state index contributed by atoms with van der Waals surface area (Å²) < 4.78 is 2.21. The van der Waals surface area contributed by atoms with E-state index in [4.69, 9.17) is 11.6 Å². The van der Waals surface area contributed by atoms with E-state index in [2.05, 4.69) is 40.0 Å². The molecule has 0 radical (unpaired) electrons. The summed E-state index contributed by atoms with van der Waals surface area (Å²) in [6, 6.07) is 6.00. The Morgan fingerprint density at radius 2 is 2.10 bits per heavy atom. The zero-order chi connectivity index (χ0) is 14.3. The van der Waals surface area contributed by atoms with Gasteiger partial charge in [0.05, 0.1) is 28.6 Å². The summed E-state index contributed by atoms with van der Waals surface area (Å²) in [6.07, 6.45) is 0. The van der Waals surface area contributed by atoms with Gasteiger partial charge < -0.3 is 5.32 Å². The van der Waals surface area contributed by atoms with E-state index in [0.717, 1.165) is 21.4 Å². The van der Waals surface area contributed by atoms with Crippen LogP contribution in [0.5, 0.6) is 0 Å². The normalized spacial score (nSPS) is 11.2. The van der Waals surface area contributed by atoms with Gasteiger partial charge in [0.1, 0.15) is 0 Å². The number of hydrogen-bond acceptors (Lipinski definition) is 3. The lowest BCUT2D eigenvalue weighted by atomic mass is 10.2. The molecule has 3 aromatic rings. The van der Waals surface area contributed by atoms with Crippen LogP contribution in [0.4, 0.5) is 5.69 Å². The van der Waals surface area contributed by atoms with Crippen molar-refractivity contribution in [3.63, 3.8) is 0 Å². The number of aryl methyl sites for hydroxylation is 3. The van der Waals surface area contributed by atoms with Gasteiger partial charge in [-0.25, -0.2) is 4.98 Å². The molecule has 0 saturated heterocycles. The molecule has 3 rings (SSSR count). The zero-order valence-corrected chi connectivity index (χ0v) is 13.3. The Morgan fingerprint density at radius 1 is 1.30 bits per heavy atom. The van der Waals surface area contributed by atoms with Crippen LogP contribution in [-0.4, -0.2) is 9.38 Å². The third-order valence-electron chi connectivity index (χ3n) is 3.40. The second-order valence-corrected chi connectivity index (χ2v) is 6.22. The van der Waals surface area contributed by atoms with Crippen molar-refractivity contribution in [1.82, 2.24) is 9.38 Å². The first-order valence-corrected chi connectivity index (χ1v) is 7.74. The van der Waals surface area contributed by atoms with Crippen LogP contribution < -0.4 is 5.32 Å². The number of hydrogen-bond donors (Lipinski definition) is 1. The number of nitrogens with one attached hydrogen (secondary N) is 1. The van der Waals surface area contributed by atoms with Gasteiger partial charge in [0, 0.05) is 11.1 Å². The van der Waals surface area contributed by atoms with Crippen molar-refractivity contribution in [3.8, 4) is 0 Å². The topological polar surface area (TPSA) is 29.3 Å². The molecule has 1 aromatic carbocycles. The van der Waals surface area contributed by atoms with Gasteiger partial charge in [0.2, 0.25) is 0 Å². The molecule has 0 aliphatic heterocycles. The number of fused-ring (bicyclic) bond motifs is 1. The molecule has 0 unspecified atom stereocenters. The highest BCUT2D eigenvalue weighted by Gasteiger charge is 2.12. The van der Waals surface area contributed by atoms with Crippen LogP contribution in [0.1, 0.15) is 22.6 Å². The molecule has 0 aliphatic carbocycles. The number of thiazole rings is 1. The average molecular weight is 306 g/mol. The Morgan fingerprint density at radius 3 is 2.90 bits per heavy atom. The van der Waals surface area contributed by atoms with Crippen molar-refractivity contribution in [3.05, 3.63) is 51.2 Å². The number of rotatable bonds is 3. The molecular formula is C15H16ClN3S. The average Bonchev–Trinajstić information content (AvgIpc) is 2.91. The lowest BCUT2D eigenvalue weighted by Gasteiger charge is -2.10. The Kier molecular flexibility index (Phi) is 3.44. The number of aromatic nitrogens is 2. The van der Waals surface area contributed by atoms with Gasteiger partial charge in [0.15, 0.2) is 4.96 Å². The van der Waals surface area contributed by atoms with Crippen molar-refractivity contribution >= 4 is 33.6 Å². The van der Waals surface area contributed by atoms with E-state index in [1.807, 2.05) is 19.1 Å². The molecular weight excluding hydrogens is 290 g/mol. The Hall–Kier alpha value is -1.52. The van der Waals surface area contributed by atoms with Gasteiger partial charge in [-0.3, -0.25) is 4.40 Å². The summed E-state index contributed by atoms with van der Waals surface area (Å²) in [7, 11) is 0. The molecule has 0 spiro atoms. The van der Waals surface area contributed by atoms with Crippen LogP contribution >= 0.6 is 22.9 Å². The van der Waals surface area contributed by atoms with Gasteiger partial charge >= 0.3 is 0 Å². The fourth-order valence-electron chi connectivity index (χ4n) is 2.33. The Bertz CT molecular complexity index is 773. The molecule has 3 nitrogen and oxygen atoms in total. The second-order valence-electron chi connectivity index (χ2n) is 4.98. The molecule has 0 saturated carbocycles. The van der Waals surface area contributed by atoms with E-state index in [-0.39, 0.29) is 0 Å². The quantitative estimate of drug-likeness (QED) is 0.767. The molecule has 1 N–H and O–H groups in total. The standard InChI is InChI=1S/C15H16ClN3S/c1-9-4-5-12(16)13(6-9)17-7-14-11(3)18-15-19(14)10(2)8-20-15/h4-6,8,17H,7H2,1-3H3. The second kappa shape index (κ2) is 5.11. The predicted molar refractivity (Wildman–Crippen MR) is 86.1 cm³/mol. The summed E-state index contributed by atoms with van der Waals surface area (Å²) in [5.74, 6) is 0. The molecule has 0 atom stereocenters. The summed E-state index contributed by atoms with van der Waals surface area (Å²) in [4.78, 5) is 5.64. The molecule has 104 valence electrons. The summed E-state index contributed by atoms with van der Waals surface area (Å²) >= 11 is 7.90. The molecule has 0 fully saturated rings. The van der Waals surface area contributed by atoms with E-state index in [0.29, 0.717) is 6.54 Å². The van der Waals surface area contributed by atoms with Gasteiger partial charge in [-0.2, -0.15) is 0 Å². The van der Waals surface area contributed by atoms with Gasteiger partial charge in [-0.1, -0.05) is 17.7 Å². The highest BCUT2D eigenvalue weighted by molar-refractivity contribution is 7.15. The highest BCUT2D eigenvalue weighted by atomic mass is 35.5. The van der Waals surface area contributed by atoms with Gasteiger partial charge in [0.25, 0.3) is 0 Å². The summed E-state index contributed by atoms with van der Waals surface area (Å²) in [6.45, 7) is 6.93. The molecule has 20 heavy (non-hydrogen) atoms. The minimum absolute atomic E-state index is 0.716. The lowest BCUT2D eigenvalue weighted by Crippen LogP contribution is -2.05. The van der Waals surface area contributed by atoms with Crippen LogP contribution in [0.25, 0.3) is 4.96 Å². The first-order valence-electron chi connectivity index (χ1n) is 6.48. The molecule has 2 heterocycles. The Labute approximate surface area is 127 Å². The zero-order valence-electron chi connectivity index (χ0n) is 11.7. The van der Waals surface area contributed by atoms with Crippen molar-refractivity contribution in [2.75, 3.05) is 5.32 Å². The predicted octanol–water partition coefficient (Wildman–Crippen LogP) is 4.59. The van der Waals surface area contributed by atoms with Crippen molar-refractivity contribution in [2.24, 2.45) is 0 Å². The van der Waals surface area contributed by atoms with Gasteiger partial charge in [-0.05, 0) is 38.5 Å². The van der Waals surface area contributed by atoms with E-state index >= 15 is 0 Å². The van der Waals surface area contributed by atoms with Gasteiger partial charge in [-0.15, -0.1) is 11.3 Å². The summed E-state index contributed by atoms with van der Waals surface area (Å²) in [5.41, 5.74) is 5.64. The third kappa shape index (κ3) is 2.30. The van der Waals surface area contributed by atoms with Crippen LogP contribution in [0, 0.1) is 20.8 Å². The first-order chi connectivity index (χ1) is 9.56. The minimum Gasteiger partial charge on any atom is -0.378 e. The van der Waals surface area contributed by atoms with E-state index < -0.39 is 0 Å².